The highest BCUT2D eigenvalue weighted by Gasteiger charge is 2.29. The Bertz CT molecular complexity index is 380. The summed E-state index contributed by atoms with van der Waals surface area (Å²) in [6.45, 7) is 6.15. The summed E-state index contributed by atoms with van der Waals surface area (Å²) < 4.78 is 0. The molecule has 7 nitrogen and oxygen atoms in total. The van der Waals surface area contributed by atoms with E-state index in [9.17, 15) is 14.4 Å². The highest BCUT2D eigenvalue weighted by molar-refractivity contribution is 5.79. The number of hydrogen-bond donors (Lipinski definition) is 3. The molecule has 7 heteroatoms. The Morgan fingerprint density at radius 1 is 1.45 bits per heavy atom. The maximum absolute atomic E-state index is 12.3. The summed E-state index contributed by atoms with van der Waals surface area (Å²) in [5.41, 5.74) is -0.461. The number of rotatable bonds is 4. The molecule has 0 spiro atoms. The van der Waals surface area contributed by atoms with Crippen LogP contribution in [-0.4, -0.2) is 52.6 Å². The average Bonchev–Trinajstić information content (AvgIpc) is 2.30. The van der Waals surface area contributed by atoms with Gasteiger partial charge < -0.3 is 20.6 Å². The summed E-state index contributed by atoms with van der Waals surface area (Å²) in [6, 6.07) is -0.394. The predicted octanol–water partition coefficient (Wildman–Crippen LogP) is 0.550. The van der Waals surface area contributed by atoms with Gasteiger partial charge in [0, 0.05) is 31.1 Å². The number of carboxylic acids is 1. The predicted molar refractivity (Wildman–Crippen MR) is 73.3 cm³/mol. The smallest absolute Gasteiger partial charge is 0.318 e. The maximum atomic E-state index is 12.3. The summed E-state index contributed by atoms with van der Waals surface area (Å²) in [5, 5.41) is 14.3. The molecule has 20 heavy (non-hydrogen) atoms. The van der Waals surface area contributed by atoms with Crippen LogP contribution in [0.15, 0.2) is 0 Å². The van der Waals surface area contributed by atoms with Gasteiger partial charge in [-0.05, 0) is 27.2 Å². The van der Waals surface area contributed by atoms with Gasteiger partial charge in [-0.1, -0.05) is 0 Å². The van der Waals surface area contributed by atoms with Crippen molar-refractivity contribution >= 4 is 17.9 Å². The molecule has 114 valence electrons. The number of urea groups is 1. The highest BCUT2D eigenvalue weighted by Crippen LogP contribution is 2.15. The second-order valence-electron chi connectivity index (χ2n) is 5.96. The number of carbonyl (C=O) groups excluding carboxylic acids is 2. The lowest BCUT2D eigenvalue weighted by atomic mass is 10.1. The Morgan fingerprint density at radius 2 is 2.10 bits per heavy atom. The van der Waals surface area contributed by atoms with Gasteiger partial charge in [0.05, 0.1) is 6.42 Å². The molecule has 1 atom stereocenters. The van der Waals surface area contributed by atoms with Crippen molar-refractivity contribution in [1.82, 2.24) is 15.5 Å². The van der Waals surface area contributed by atoms with Crippen molar-refractivity contribution < 1.29 is 19.5 Å². The van der Waals surface area contributed by atoms with Gasteiger partial charge in [-0.2, -0.15) is 0 Å². The minimum atomic E-state index is -0.933. The van der Waals surface area contributed by atoms with E-state index in [0.29, 0.717) is 19.4 Å². The van der Waals surface area contributed by atoms with Crippen molar-refractivity contribution in [2.75, 3.05) is 13.1 Å². The molecule has 1 aliphatic heterocycles. The minimum absolute atomic E-state index is 0.00551. The van der Waals surface area contributed by atoms with Crippen molar-refractivity contribution in [3.63, 3.8) is 0 Å². The zero-order valence-electron chi connectivity index (χ0n) is 12.2. The first-order valence-corrected chi connectivity index (χ1v) is 6.77. The lowest BCUT2D eigenvalue weighted by molar-refractivity contribution is -0.137. The Morgan fingerprint density at radius 3 is 2.55 bits per heavy atom. The number of carboxylic acid groups (broad SMARTS) is 1. The molecule has 0 aromatic heterocycles. The molecular formula is C13H23N3O4. The third-order valence-corrected chi connectivity index (χ3v) is 3.20. The third kappa shape index (κ3) is 5.07. The number of hydrogen-bond acceptors (Lipinski definition) is 3. The Hall–Kier alpha value is -1.79. The molecule has 1 rings (SSSR count). The van der Waals surface area contributed by atoms with Crippen molar-refractivity contribution in [2.24, 2.45) is 0 Å². The lowest BCUT2D eigenvalue weighted by Crippen LogP contribution is -2.56. The fraction of sp³-hybridized carbons (Fsp3) is 0.769. The van der Waals surface area contributed by atoms with E-state index in [1.807, 2.05) is 20.8 Å². The summed E-state index contributed by atoms with van der Waals surface area (Å²) in [6.07, 6.45) is 0.913. The highest BCUT2D eigenvalue weighted by atomic mass is 16.4. The molecular weight excluding hydrogens is 262 g/mol. The van der Waals surface area contributed by atoms with Gasteiger partial charge in [-0.25, -0.2) is 4.79 Å². The molecule has 1 heterocycles. The van der Waals surface area contributed by atoms with Crippen LogP contribution in [0.25, 0.3) is 0 Å². The third-order valence-electron chi connectivity index (χ3n) is 3.20. The van der Waals surface area contributed by atoms with Crippen LogP contribution in [0, 0.1) is 0 Å². The second kappa shape index (κ2) is 6.58. The topological polar surface area (TPSA) is 98.7 Å². The molecule has 0 radical (unpaired) electrons. The number of amides is 3. The Kier molecular flexibility index (Phi) is 5.35. The summed E-state index contributed by atoms with van der Waals surface area (Å²) in [7, 11) is 0. The van der Waals surface area contributed by atoms with E-state index in [-0.39, 0.29) is 30.9 Å². The average molecular weight is 285 g/mol. The molecule has 0 saturated carbocycles. The van der Waals surface area contributed by atoms with Crippen molar-refractivity contribution in [2.45, 2.75) is 51.6 Å². The van der Waals surface area contributed by atoms with E-state index >= 15 is 0 Å². The van der Waals surface area contributed by atoms with E-state index in [1.54, 1.807) is 0 Å². The van der Waals surface area contributed by atoms with Gasteiger partial charge in [0.15, 0.2) is 0 Å². The van der Waals surface area contributed by atoms with E-state index in [2.05, 4.69) is 10.6 Å². The van der Waals surface area contributed by atoms with E-state index in [0.717, 1.165) is 0 Å². The van der Waals surface area contributed by atoms with Crippen LogP contribution in [0.1, 0.15) is 40.0 Å². The number of nitrogens with one attached hydrogen (secondary N) is 2. The fourth-order valence-corrected chi connectivity index (χ4v) is 2.06. The lowest BCUT2D eigenvalue weighted by Gasteiger charge is -2.37. The van der Waals surface area contributed by atoms with Gasteiger partial charge in [0.2, 0.25) is 5.91 Å². The Labute approximate surface area is 118 Å². The first kappa shape index (κ1) is 16.3. The molecule has 1 unspecified atom stereocenters. The second-order valence-corrected chi connectivity index (χ2v) is 5.96. The number of carbonyl (C=O) groups is 3. The van der Waals surface area contributed by atoms with Crippen molar-refractivity contribution in [1.29, 1.82) is 0 Å². The number of aliphatic carboxylic acids is 1. The molecule has 0 aliphatic carbocycles. The van der Waals surface area contributed by atoms with Crippen LogP contribution < -0.4 is 10.6 Å². The zero-order chi connectivity index (χ0) is 15.3. The Balaban J connectivity index is 2.59. The molecule has 3 N–H and O–H groups in total. The van der Waals surface area contributed by atoms with Crippen LogP contribution in [-0.2, 0) is 9.59 Å². The quantitative estimate of drug-likeness (QED) is 0.702. The van der Waals surface area contributed by atoms with Crippen LogP contribution in [0.2, 0.25) is 0 Å². The molecule has 0 aromatic carbocycles. The summed E-state index contributed by atoms with van der Waals surface area (Å²) in [5.74, 6) is -0.939. The minimum Gasteiger partial charge on any atom is -0.481 e. The molecule has 1 aliphatic rings. The van der Waals surface area contributed by atoms with Crippen LogP contribution in [0.5, 0.6) is 0 Å². The van der Waals surface area contributed by atoms with Crippen molar-refractivity contribution in [3.05, 3.63) is 0 Å². The summed E-state index contributed by atoms with van der Waals surface area (Å²) in [4.78, 5) is 35.5. The first-order valence-electron chi connectivity index (χ1n) is 6.77. The van der Waals surface area contributed by atoms with Crippen molar-refractivity contribution in [3.8, 4) is 0 Å². The van der Waals surface area contributed by atoms with Gasteiger partial charge in [0.1, 0.15) is 0 Å². The van der Waals surface area contributed by atoms with Crippen LogP contribution in [0.3, 0.4) is 0 Å². The number of nitrogens with zero attached hydrogens (tertiary/aromatic N) is 1. The van der Waals surface area contributed by atoms with E-state index in [1.165, 1.54) is 4.90 Å². The largest absolute Gasteiger partial charge is 0.481 e. The van der Waals surface area contributed by atoms with Crippen LogP contribution >= 0.6 is 0 Å². The molecule has 1 saturated heterocycles. The number of piperidine rings is 1. The molecule has 1 fully saturated rings. The van der Waals surface area contributed by atoms with E-state index in [4.69, 9.17) is 5.11 Å². The summed E-state index contributed by atoms with van der Waals surface area (Å²) >= 11 is 0. The first-order chi connectivity index (χ1) is 9.20. The monoisotopic (exact) mass is 285 g/mol. The van der Waals surface area contributed by atoms with E-state index < -0.39 is 11.5 Å². The maximum Gasteiger partial charge on any atom is 0.318 e. The standard InChI is InChI=1S/C13H23N3O4/c1-13(2,3)16(7-6-11(18)19)12(20)15-9-4-5-10(17)14-8-9/h9H,4-8H2,1-3H3,(H,14,17)(H,15,20)(H,18,19). The van der Waals surface area contributed by atoms with Crippen LogP contribution in [0.4, 0.5) is 4.79 Å². The fourth-order valence-electron chi connectivity index (χ4n) is 2.06. The molecule has 3 amide bonds. The van der Waals surface area contributed by atoms with Gasteiger partial charge >= 0.3 is 12.0 Å². The van der Waals surface area contributed by atoms with Gasteiger partial charge in [0.25, 0.3) is 0 Å². The zero-order valence-corrected chi connectivity index (χ0v) is 12.2. The van der Waals surface area contributed by atoms with Gasteiger partial charge in [-0.15, -0.1) is 0 Å². The van der Waals surface area contributed by atoms with Gasteiger partial charge in [-0.3, -0.25) is 9.59 Å². The normalized spacial score (nSPS) is 19.1. The molecule has 0 aromatic rings. The SMILES string of the molecule is CC(C)(C)N(CCC(=O)O)C(=O)NC1CCC(=O)NC1. The molecule has 0 bridgehead atoms.